The second-order valence-electron chi connectivity index (χ2n) is 5.40. The van der Waals surface area contributed by atoms with Gasteiger partial charge < -0.3 is 10.6 Å². The predicted molar refractivity (Wildman–Crippen MR) is 71.3 cm³/mol. The summed E-state index contributed by atoms with van der Waals surface area (Å²) in [4.78, 5) is 20.5. The Morgan fingerprint density at radius 3 is 2.78 bits per heavy atom. The molecule has 0 bridgehead atoms. The van der Waals surface area contributed by atoms with E-state index in [-0.39, 0.29) is 11.4 Å². The van der Waals surface area contributed by atoms with E-state index >= 15 is 0 Å². The number of amides is 1. The van der Waals surface area contributed by atoms with Crippen LogP contribution in [0, 0.1) is 0 Å². The lowest BCUT2D eigenvalue weighted by atomic mass is 9.99. The molecule has 5 heteroatoms. The van der Waals surface area contributed by atoms with E-state index in [1.165, 1.54) is 0 Å². The van der Waals surface area contributed by atoms with Crippen molar-refractivity contribution in [1.82, 2.24) is 14.8 Å². The van der Waals surface area contributed by atoms with Crippen LogP contribution in [0.3, 0.4) is 0 Å². The van der Waals surface area contributed by atoms with Crippen LogP contribution >= 0.6 is 0 Å². The molecular weight excluding hydrogens is 228 g/mol. The van der Waals surface area contributed by atoms with Crippen molar-refractivity contribution in [3.8, 4) is 0 Å². The first kappa shape index (κ1) is 12.8. The molecule has 98 valence electrons. The van der Waals surface area contributed by atoms with Crippen molar-refractivity contribution in [2.45, 2.75) is 19.4 Å². The van der Waals surface area contributed by atoms with Gasteiger partial charge in [-0.2, -0.15) is 0 Å². The molecule has 0 saturated carbocycles. The van der Waals surface area contributed by atoms with Crippen LogP contribution in [-0.2, 0) is 0 Å². The van der Waals surface area contributed by atoms with Crippen LogP contribution in [-0.4, -0.2) is 52.9 Å². The van der Waals surface area contributed by atoms with Crippen molar-refractivity contribution in [2.24, 2.45) is 0 Å². The molecule has 2 heterocycles. The molecule has 1 saturated heterocycles. The van der Waals surface area contributed by atoms with Gasteiger partial charge in [-0.1, -0.05) is 0 Å². The number of nitrogens with two attached hydrogens (primary N) is 1. The van der Waals surface area contributed by atoms with Crippen LogP contribution in [0.15, 0.2) is 18.3 Å². The molecule has 1 aromatic rings. The first-order chi connectivity index (χ1) is 8.42. The number of aromatic nitrogens is 1. The van der Waals surface area contributed by atoms with Crippen molar-refractivity contribution in [3.05, 3.63) is 23.9 Å². The number of carbonyl (C=O) groups is 1. The third kappa shape index (κ3) is 2.31. The van der Waals surface area contributed by atoms with Gasteiger partial charge >= 0.3 is 0 Å². The minimum atomic E-state index is -0.0261. The Morgan fingerprint density at radius 2 is 2.17 bits per heavy atom. The van der Waals surface area contributed by atoms with Crippen molar-refractivity contribution < 1.29 is 4.79 Å². The summed E-state index contributed by atoms with van der Waals surface area (Å²) in [7, 11) is 2.08. The minimum Gasteiger partial charge on any atom is -0.383 e. The summed E-state index contributed by atoms with van der Waals surface area (Å²) in [5.41, 5.74) is 6.24. The maximum atomic E-state index is 12.4. The fraction of sp³-hybridized carbons (Fsp3) is 0.538. The van der Waals surface area contributed by atoms with Crippen molar-refractivity contribution >= 4 is 11.7 Å². The molecular formula is C13H20N4O. The van der Waals surface area contributed by atoms with Gasteiger partial charge in [-0.25, -0.2) is 4.98 Å². The number of nitrogens with zero attached hydrogens (tertiary/aromatic N) is 3. The average Bonchev–Trinajstić information content (AvgIpc) is 2.32. The first-order valence-electron chi connectivity index (χ1n) is 6.13. The third-order valence-electron chi connectivity index (χ3n) is 3.67. The second kappa shape index (κ2) is 4.57. The summed E-state index contributed by atoms with van der Waals surface area (Å²) < 4.78 is 0. The number of anilines is 1. The molecule has 2 rings (SSSR count). The highest BCUT2D eigenvalue weighted by Crippen LogP contribution is 2.21. The molecule has 0 spiro atoms. The van der Waals surface area contributed by atoms with E-state index in [1.807, 2.05) is 4.90 Å². The molecule has 0 unspecified atom stereocenters. The summed E-state index contributed by atoms with van der Waals surface area (Å²) in [6.07, 6.45) is 1.60. The summed E-state index contributed by atoms with van der Waals surface area (Å²) in [6, 6.07) is 3.47. The molecule has 1 fully saturated rings. The summed E-state index contributed by atoms with van der Waals surface area (Å²) in [5.74, 6) is 0.279. The van der Waals surface area contributed by atoms with Crippen LogP contribution in [0.2, 0.25) is 0 Å². The van der Waals surface area contributed by atoms with Crippen molar-refractivity contribution in [2.75, 3.05) is 32.4 Å². The van der Waals surface area contributed by atoms with Crippen molar-refractivity contribution in [1.29, 1.82) is 0 Å². The number of likely N-dealkylation sites (N-methyl/N-ethyl adjacent to an activating group) is 1. The highest BCUT2D eigenvalue weighted by atomic mass is 16.2. The summed E-state index contributed by atoms with van der Waals surface area (Å²) >= 11 is 0. The molecule has 18 heavy (non-hydrogen) atoms. The Hall–Kier alpha value is -1.62. The molecule has 1 aliphatic rings. The normalized spacial score (nSPS) is 19.8. The van der Waals surface area contributed by atoms with E-state index in [4.69, 9.17) is 5.73 Å². The SMILES string of the molecule is CN1CCN(C(=O)c2cccnc2N)CC1(C)C. The van der Waals surface area contributed by atoms with Crippen LogP contribution < -0.4 is 5.73 Å². The predicted octanol–water partition coefficient (Wildman–Crippen LogP) is 0.830. The number of pyridine rings is 1. The highest BCUT2D eigenvalue weighted by Gasteiger charge is 2.33. The standard InChI is InChI=1S/C13H20N4O/c1-13(2)9-17(8-7-16(13)3)12(18)10-5-4-6-15-11(10)14/h4-6H,7-9H2,1-3H3,(H2,14,15). The van der Waals surface area contributed by atoms with E-state index in [0.717, 1.165) is 13.1 Å². The number of hydrogen-bond acceptors (Lipinski definition) is 4. The van der Waals surface area contributed by atoms with Gasteiger partial charge in [0.1, 0.15) is 5.82 Å². The van der Waals surface area contributed by atoms with Gasteiger partial charge in [0.05, 0.1) is 5.56 Å². The maximum absolute atomic E-state index is 12.4. The number of piperazine rings is 1. The van der Waals surface area contributed by atoms with Gasteiger partial charge in [0.15, 0.2) is 0 Å². The van der Waals surface area contributed by atoms with E-state index in [2.05, 4.69) is 30.8 Å². The Kier molecular flexibility index (Phi) is 3.26. The monoisotopic (exact) mass is 248 g/mol. The quantitative estimate of drug-likeness (QED) is 0.799. The number of rotatable bonds is 1. The molecule has 1 amide bonds. The first-order valence-corrected chi connectivity index (χ1v) is 6.13. The zero-order valence-electron chi connectivity index (χ0n) is 11.2. The Balaban J connectivity index is 2.18. The molecule has 0 aromatic carbocycles. The Bertz CT molecular complexity index is 458. The molecule has 1 aromatic heterocycles. The van der Waals surface area contributed by atoms with Crippen molar-refractivity contribution in [3.63, 3.8) is 0 Å². The summed E-state index contributed by atoms with van der Waals surface area (Å²) in [5, 5.41) is 0. The van der Waals surface area contributed by atoms with Gasteiger partial charge in [-0.15, -0.1) is 0 Å². The zero-order chi connectivity index (χ0) is 13.3. The van der Waals surface area contributed by atoms with Gasteiger partial charge in [-0.3, -0.25) is 9.69 Å². The lowest BCUT2D eigenvalue weighted by molar-refractivity contribution is 0.0312. The third-order valence-corrected chi connectivity index (χ3v) is 3.67. The van der Waals surface area contributed by atoms with E-state index in [0.29, 0.717) is 17.9 Å². The lowest BCUT2D eigenvalue weighted by Gasteiger charge is -2.45. The maximum Gasteiger partial charge on any atom is 0.257 e. The number of carbonyl (C=O) groups excluding carboxylic acids is 1. The van der Waals surface area contributed by atoms with E-state index in [1.54, 1.807) is 18.3 Å². The fourth-order valence-corrected chi connectivity index (χ4v) is 2.18. The second-order valence-corrected chi connectivity index (χ2v) is 5.40. The molecule has 2 N–H and O–H groups in total. The highest BCUT2D eigenvalue weighted by molar-refractivity contribution is 5.98. The Morgan fingerprint density at radius 1 is 1.44 bits per heavy atom. The summed E-state index contributed by atoms with van der Waals surface area (Å²) in [6.45, 7) is 6.58. The largest absolute Gasteiger partial charge is 0.383 e. The molecule has 5 nitrogen and oxygen atoms in total. The van der Waals surface area contributed by atoms with Crippen LogP contribution in [0.1, 0.15) is 24.2 Å². The van der Waals surface area contributed by atoms with Gasteiger partial charge in [0.2, 0.25) is 0 Å². The molecule has 0 atom stereocenters. The molecule has 0 radical (unpaired) electrons. The topological polar surface area (TPSA) is 62.5 Å². The molecule has 1 aliphatic heterocycles. The lowest BCUT2D eigenvalue weighted by Crippen LogP contribution is -2.58. The van der Waals surface area contributed by atoms with Crippen LogP contribution in [0.25, 0.3) is 0 Å². The van der Waals surface area contributed by atoms with Gasteiger partial charge in [0.25, 0.3) is 5.91 Å². The number of nitrogen functional groups attached to an aromatic ring is 1. The fourth-order valence-electron chi connectivity index (χ4n) is 2.18. The van der Waals surface area contributed by atoms with E-state index < -0.39 is 0 Å². The van der Waals surface area contributed by atoms with Gasteiger partial charge in [0, 0.05) is 31.4 Å². The molecule has 0 aliphatic carbocycles. The minimum absolute atomic E-state index is 0.00905. The van der Waals surface area contributed by atoms with Crippen LogP contribution in [0.4, 0.5) is 5.82 Å². The number of hydrogen-bond donors (Lipinski definition) is 1. The smallest absolute Gasteiger partial charge is 0.257 e. The van der Waals surface area contributed by atoms with Gasteiger partial charge in [-0.05, 0) is 33.0 Å². The van der Waals surface area contributed by atoms with E-state index in [9.17, 15) is 4.79 Å². The van der Waals surface area contributed by atoms with Crippen LogP contribution in [0.5, 0.6) is 0 Å². The average molecular weight is 248 g/mol. The zero-order valence-corrected chi connectivity index (χ0v) is 11.2. The Labute approximate surface area is 108 Å².